The van der Waals surface area contributed by atoms with Crippen LogP contribution in [0, 0.1) is 11.3 Å². The Morgan fingerprint density at radius 3 is 2.71 bits per heavy atom. The van der Waals surface area contributed by atoms with Gasteiger partial charge < -0.3 is 4.74 Å². The van der Waals surface area contributed by atoms with Gasteiger partial charge in [-0.3, -0.25) is 9.78 Å². The standard InChI is InChI=1S/C19H13Cl2N5O2/c1-28-17-12(7-13(20)8-15(17)21)10-23-26-19-24-16(11-5-3-2-4-6-11)14(9-22)18(27)25-19/h2-8,10H,1H3,(H2,24,25,26,27). The fourth-order valence-corrected chi connectivity index (χ4v) is 3.08. The molecule has 2 N–H and O–H groups in total. The quantitative estimate of drug-likeness (QED) is 0.484. The number of hydrogen-bond acceptors (Lipinski definition) is 6. The summed E-state index contributed by atoms with van der Waals surface area (Å²) >= 11 is 12.1. The number of nitriles is 1. The molecule has 0 spiro atoms. The Balaban J connectivity index is 1.95. The Hall–Kier alpha value is -3.34. The fourth-order valence-electron chi connectivity index (χ4n) is 2.49. The van der Waals surface area contributed by atoms with Gasteiger partial charge in [-0.15, -0.1) is 0 Å². The van der Waals surface area contributed by atoms with Gasteiger partial charge in [0.05, 0.1) is 24.0 Å². The number of aromatic amines is 1. The molecule has 3 rings (SSSR count). The van der Waals surface area contributed by atoms with Crippen molar-refractivity contribution in [2.24, 2.45) is 5.10 Å². The van der Waals surface area contributed by atoms with Crippen LogP contribution in [0.5, 0.6) is 5.75 Å². The number of aromatic nitrogens is 2. The van der Waals surface area contributed by atoms with Crippen LogP contribution in [0.4, 0.5) is 5.95 Å². The summed E-state index contributed by atoms with van der Waals surface area (Å²) < 4.78 is 5.24. The molecule has 9 heteroatoms. The third kappa shape index (κ3) is 4.14. The second-order valence-corrected chi connectivity index (χ2v) is 6.34. The van der Waals surface area contributed by atoms with Gasteiger partial charge in [0.2, 0.25) is 5.95 Å². The molecule has 2 aromatic carbocycles. The molecule has 7 nitrogen and oxygen atoms in total. The van der Waals surface area contributed by atoms with E-state index >= 15 is 0 Å². The van der Waals surface area contributed by atoms with Crippen molar-refractivity contribution in [2.75, 3.05) is 12.5 Å². The van der Waals surface area contributed by atoms with Crippen LogP contribution in [-0.2, 0) is 0 Å². The maximum Gasteiger partial charge on any atom is 0.270 e. The zero-order valence-corrected chi connectivity index (χ0v) is 16.0. The minimum absolute atomic E-state index is 0.0752. The maximum absolute atomic E-state index is 12.2. The first-order chi connectivity index (χ1) is 13.5. The molecule has 0 aliphatic heterocycles. The van der Waals surface area contributed by atoms with Crippen LogP contribution in [0.25, 0.3) is 11.3 Å². The van der Waals surface area contributed by atoms with Crippen LogP contribution in [0.3, 0.4) is 0 Å². The Morgan fingerprint density at radius 1 is 1.29 bits per heavy atom. The molecule has 0 saturated heterocycles. The number of nitrogens with one attached hydrogen (secondary N) is 2. The highest BCUT2D eigenvalue weighted by Crippen LogP contribution is 2.31. The number of rotatable bonds is 5. The van der Waals surface area contributed by atoms with Gasteiger partial charge in [-0.05, 0) is 12.1 Å². The number of benzene rings is 2. The number of hydrogen-bond donors (Lipinski definition) is 2. The van der Waals surface area contributed by atoms with E-state index in [-0.39, 0.29) is 17.2 Å². The smallest absolute Gasteiger partial charge is 0.270 e. The number of ether oxygens (including phenoxy) is 1. The Morgan fingerprint density at radius 2 is 2.04 bits per heavy atom. The van der Waals surface area contributed by atoms with Gasteiger partial charge in [0.25, 0.3) is 5.56 Å². The number of halogens is 2. The van der Waals surface area contributed by atoms with Crippen molar-refractivity contribution in [3.63, 3.8) is 0 Å². The highest BCUT2D eigenvalue weighted by molar-refractivity contribution is 6.36. The zero-order chi connectivity index (χ0) is 20.1. The van der Waals surface area contributed by atoms with Crippen molar-refractivity contribution in [3.8, 4) is 23.1 Å². The van der Waals surface area contributed by atoms with Crippen LogP contribution in [-0.4, -0.2) is 23.3 Å². The first kappa shape index (κ1) is 19.4. The zero-order valence-electron chi connectivity index (χ0n) is 14.5. The van der Waals surface area contributed by atoms with Crippen molar-refractivity contribution < 1.29 is 4.74 Å². The van der Waals surface area contributed by atoms with Crippen molar-refractivity contribution in [1.82, 2.24) is 9.97 Å². The van der Waals surface area contributed by atoms with Gasteiger partial charge in [-0.25, -0.2) is 10.4 Å². The summed E-state index contributed by atoms with van der Waals surface area (Å²) in [6.07, 6.45) is 1.43. The Bertz CT molecular complexity index is 1140. The summed E-state index contributed by atoms with van der Waals surface area (Å²) in [5.74, 6) is 0.481. The van der Waals surface area contributed by atoms with E-state index in [9.17, 15) is 10.1 Å². The predicted molar refractivity (Wildman–Crippen MR) is 109 cm³/mol. The third-order valence-electron chi connectivity index (χ3n) is 3.69. The third-order valence-corrected chi connectivity index (χ3v) is 4.19. The van der Waals surface area contributed by atoms with E-state index in [0.29, 0.717) is 26.9 Å². The van der Waals surface area contributed by atoms with E-state index in [1.165, 1.54) is 13.3 Å². The molecule has 0 bridgehead atoms. The summed E-state index contributed by atoms with van der Waals surface area (Å²) in [6, 6.07) is 14.0. The average Bonchev–Trinajstić information content (AvgIpc) is 2.68. The first-order valence-electron chi connectivity index (χ1n) is 7.95. The normalized spacial score (nSPS) is 10.6. The summed E-state index contributed by atoms with van der Waals surface area (Å²) in [7, 11) is 1.48. The lowest BCUT2D eigenvalue weighted by Crippen LogP contribution is -2.16. The lowest BCUT2D eigenvalue weighted by molar-refractivity contribution is 0.414. The lowest BCUT2D eigenvalue weighted by atomic mass is 10.1. The van der Waals surface area contributed by atoms with Gasteiger partial charge in [0.1, 0.15) is 17.4 Å². The molecule has 0 amide bonds. The molecule has 0 unspecified atom stereocenters. The van der Waals surface area contributed by atoms with Crippen LogP contribution in [0.2, 0.25) is 10.0 Å². The first-order valence-corrected chi connectivity index (χ1v) is 8.71. The molecule has 0 saturated carbocycles. The SMILES string of the molecule is COc1c(Cl)cc(Cl)cc1C=NNc1nc(-c2ccccc2)c(C#N)c(=O)[nH]1. The lowest BCUT2D eigenvalue weighted by Gasteiger charge is -2.08. The highest BCUT2D eigenvalue weighted by atomic mass is 35.5. The van der Waals surface area contributed by atoms with Gasteiger partial charge in [0.15, 0.2) is 0 Å². The molecule has 0 fully saturated rings. The second-order valence-electron chi connectivity index (χ2n) is 5.50. The number of hydrazone groups is 1. The van der Waals surface area contributed by atoms with Crippen LogP contribution < -0.4 is 15.7 Å². The molecule has 28 heavy (non-hydrogen) atoms. The van der Waals surface area contributed by atoms with Gasteiger partial charge in [-0.2, -0.15) is 10.4 Å². The van der Waals surface area contributed by atoms with E-state index in [1.807, 2.05) is 12.1 Å². The fraction of sp³-hybridized carbons (Fsp3) is 0.0526. The number of H-pyrrole nitrogens is 1. The average molecular weight is 414 g/mol. The van der Waals surface area contributed by atoms with Gasteiger partial charge in [0, 0.05) is 16.1 Å². The maximum atomic E-state index is 12.2. The van der Waals surface area contributed by atoms with E-state index in [4.69, 9.17) is 27.9 Å². The number of nitrogens with zero attached hydrogens (tertiary/aromatic N) is 3. The van der Waals surface area contributed by atoms with Crippen LogP contribution in [0.1, 0.15) is 11.1 Å². The Labute approximate surface area is 170 Å². The second kappa shape index (κ2) is 8.57. The highest BCUT2D eigenvalue weighted by Gasteiger charge is 2.13. The predicted octanol–water partition coefficient (Wildman–Crippen LogP) is 4.07. The molecule has 0 radical (unpaired) electrons. The molecular weight excluding hydrogens is 401 g/mol. The summed E-state index contributed by atoms with van der Waals surface area (Å²) in [5.41, 5.74) is 3.42. The van der Waals surface area contributed by atoms with Crippen LogP contribution >= 0.6 is 23.2 Å². The monoisotopic (exact) mass is 413 g/mol. The minimum atomic E-state index is -0.572. The number of anilines is 1. The molecule has 1 heterocycles. The largest absolute Gasteiger partial charge is 0.495 e. The van der Waals surface area contributed by atoms with Gasteiger partial charge >= 0.3 is 0 Å². The molecule has 3 aromatic rings. The Kier molecular flexibility index (Phi) is 5.94. The summed E-state index contributed by atoms with van der Waals surface area (Å²) in [6.45, 7) is 0. The van der Waals surface area contributed by atoms with Crippen molar-refractivity contribution in [2.45, 2.75) is 0 Å². The van der Waals surface area contributed by atoms with E-state index < -0.39 is 5.56 Å². The molecule has 0 atom stereocenters. The van der Waals surface area contributed by atoms with Crippen molar-refractivity contribution in [1.29, 1.82) is 5.26 Å². The summed E-state index contributed by atoms with van der Waals surface area (Å²) in [4.78, 5) is 19.0. The molecule has 1 aromatic heterocycles. The van der Waals surface area contributed by atoms with Crippen molar-refractivity contribution >= 4 is 35.4 Å². The van der Waals surface area contributed by atoms with E-state index in [0.717, 1.165) is 0 Å². The molecule has 140 valence electrons. The minimum Gasteiger partial charge on any atom is -0.495 e. The topological polar surface area (TPSA) is 103 Å². The molecule has 0 aliphatic rings. The van der Waals surface area contributed by atoms with Gasteiger partial charge in [-0.1, -0.05) is 53.5 Å². The van der Waals surface area contributed by atoms with Crippen LogP contribution in [0.15, 0.2) is 52.4 Å². The molecular formula is C19H13Cl2N5O2. The van der Waals surface area contributed by atoms with E-state index in [2.05, 4.69) is 20.5 Å². The van der Waals surface area contributed by atoms with E-state index in [1.54, 1.807) is 36.4 Å². The summed E-state index contributed by atoms with van der Waals surface area (Å²) in [5, 5.41) is 14.1. The molecule has 0 aliphatic carbocycles. The number of methoxy groups -OCH3 is 1. The van der Waals surface area contributed by atoms with Crippen molar-refractivity contribution in [3.05, 3.63) is 74.0 Å².